The summed E-state index contributed by atoms with van der Waals surface area (Å²) in [6.07, 6.45) is 0.125. The number of hydrogen-bond acceptors (Lipinski definition) is 4. The van der Waals surface area contributed by atoms with E-state index in [4.69, 9.17) is 0 Å². The second kappa shape index (κ2) is 7.40. The molecule has 0 heterocycles. The fourth-order valence-corrected chi connectivity index (χ4v) is 2.72. The Hall–Kier alpha value is -1.89. The number of rotatable bonds is 7. The molecule has 0 fully saturated rings. The van der Waals surface area contributed by atoms with E-state index in [1.165, 1.54) is 20.9 Å². The van der Waals surface area contributed by atoms with E-state index in [-0.39, 0.29) is 6.42 Å². The van der Waals surface area contributed by atoms with Gasteiger partial charge in [0.15, 0.2) is 9.84 Å². The van der Waals surface area contributed by atoms with Crippen LogP contribution in [0.25, 0.3) is 0 Å². The molecular formula is C15H21NO5S. The summed E-state index contributed by atoms with van der Waals surface area (Å²) in [6, 6.07) is 7.79. The monoisotopic (exact) mass is 327 g/mol. The van der Waals surface area contributed by atoms with E-state index in [1.807, 2.05) is 6.07 Å². The molecule has 0 spiro atoms. The maximum atomic E-state index is 12.1. The number of carboxylic acid groups (broad SMARTS) is 1. The SMILES string of the molecule is CC(C)S(=O)(=O)CC(=O)N(C)C(Cc1ccccc1)C(=O)O. The summed E-state index contributed by atoms with van der Waals surface area (Å²) in [7, 11) is -2.24. The number of aliphatic carboxylic acids is 1. The highest BCUT2D eigenvalue weighted by atomic mass is 32.2. The van der Waals surface area contributed by atoms with Gasteiger partial charge in [-0.25, -0.2) is 13.2 Å². The fourth-order valence-electron chi connectivity index (χ4n) is 1.84. The number of carbonyl (C=O) groups is 2. The fraction of sp³-hybridized carbons (Fsp3) is 0.467. The van der Waals surface area contributed by atoms with Crippen molar-refractivity contribution in [1.82, 2.24) is 4.90 Å². The van der Waals surface area contributed by atoms with Crippen molar-refractivity contribution in [2.75, 3.05) is 12.8 Å². The highest BCUT2D eigenvalue weighted by Crippen LogP contribution is 2.10. The van der Waals surface area contributed by atoms with E-state index in [1.54, 1.807) is 24.3 Å². The van der Waals surface area contributed by atoms with Crippen LogP contribution in [0.4, 0.5) is 0 Å². The molecule has 1 amide bonds. The van der Waals surface area contributed by atoms with Crippen molar-refractivity contribution in [3.8, 4) is 0 Å². The van der Waals surface area contributed by atoms with Crippen LogP contribution >= 0.6 is 0 Å². The molecule has 6 nitrogen and oxygen atoms in total. The molecule has 0 saturated heterocycles. The van der Waals surface area contributed by atoms with Gasteiger partial charge in [0.1, 0.15) is 11.8 Å². The lowest BCUT2D eigenvalue weighted by Crippen LogP contribution is -2.46. The van der Waals surface area contributed by atoms with Gasteiger partial charge in [-0.05, 0) is 19.4 Å². The third-order valence-corrected chi connectivity index (χ3v) is 5.55. The summed E-state index contributed by atoms with van der Waals surface area (Å²) in [5.74, 6) is -2.56. The largest absolute Gasteiger partial charge is 0.480 e. The van der Waals surface area contributed by atoms with E-state index in [2.05, 4.69) is 0 Å². The zero-order chi connectivity index (χ0) is 16.9. The lowest BCUT2D eigenvalue weighted by atomic mass is 10.1. The molecule has 0 saturated carbocycles. The third kappa shape index (κ3) is 4.84. The summed E-state index contributed by atoms with van der Waals surface area (Å²) >= 11 is 0. The topological polar surface area (TPSA) is 91.8 Å². The van der Waals surface area contributed by atoms with Gasteiger partial charge in [0.2, 0.25) is 5.91 Å². The number of carboxylic acids is 1. The highest BCUT2D eigenvalue weighted by molar-refractivity contribution is 7.92. The molecule has 1 aromatic carbocycles. The van der Waals surface area contributed by atoms with Gasteiger partial charge in [0.25, 0.3) is 0 Å². The number of nitrogens with zero attached hydrogens (tertiary/aromatic N) is 1. The molecule has 1 N–H and O–H groups in total. The van der Waals surface area contributed by atoms with Crippen molar-refractivity contribution in [3.05, 3.63) is 35.9 Å². The Kier molecular flexibility index (Phi) is 6.11. The molecule has 0 radical (unpaired) electrons. The molecule has 0 aromatic heterocycles. The number of carbonyl (C=O) groups excluding carboxylic acids is 1. The van der Waals surface area contributed by atoms with Crippen molar-refractivity contribution in [2.45, 2.75) is 31.6 Å². The first kappa shape index (κ1) is 18.2. The molecule has 1 unspecified atom stereocenters. The number of benzene rings is 1. The molecule has 7 heteroatoms. The van der Waals surface area contributed by atoms with Crippen LogP contribution in [0.1, 0.15) is 19.4 Å². The van der Waals surface area contributed by atoms with Crippen molar-refractivity contribution < 1.29 is 23.1 Å². The minimum absolute atomic E-state index is 0.125. The predicted octanol–water partition coefficient (Wildman–Crippen LogP) is 0.964. The molecule has 1 rings (SSSR count). The van der Waals surface area contributed by atoms with E-state index >= 15 is 0 Å². The quantitative estimate of drug-likeness (QED) is 0.805. The third-order valence-electron chi connectivity index (χ3n) is 3.46. The Morgan fingerprint density at radius 3 is 2.18 bits per heavy atom. The van der Waals surface area contributed by atoms with Gasteiger partial charge >= 0.3 is 5.97 Å². The van der Waals surface area contributed by atoms with E-state index in [0.29, 0.717) is 0 Å². The lowest BCUT2D eigenvalue weighted by molar-refractivity contribution is -0.148. The zero-order valence-corrected chi connectivity index (χ0v) is 13.7. The Labute approximate surface area is 130 Å². The molecule has 0 aliphatic rings. The van der Waals surface area contributed by atoms with Crippen LogP contribution < -0.4 is 0 Å². The number of sulfone groups is 1. The Balaban J connectivity index is 2.88. The first-order valence-electron chi connectivity index (χ1n) is 6.89. The molecular weight excluding hydrogens is 306 g/mol. The normalized spacial score (nSPS) is 12.9. The van der Waals surface area contributed by atoms with Gasteiger partial charge in [-0.1, -0.05) is 30.3 Å². The van der Waals surface area contributed by atoms with Crippen molar-refractivity contribution in [2.24, 2.45) is 0 Å². The van der Waals surface area contributed by atoms with Crippen LogP contribution in [0.2, 0.25) is 0 Å². The Morgan fingerprint density at radius 2 is 1.73 bits per heavy atom. The average molecular weight is 327 g/mol. The molecule has 0 bridgehead atoms. The summed E-state index contributed by atoms with van der Waals surface area (Å²) in [5, 5.41) is 8.64. The maximum absolute atomic E-state index is 12.1. The van der Waals surface area contributed by atoms with Crippen LogP contribution in [0.15, 0.2) is 30.3 Å². The lowest BCUT2D eigenvalue weighted by Gasteiger charge is -2.25. The van der Waals surface area contributed by atoms with Gasteiger partial charge in [0, 0.05) is 13.5 Å². The number of likely N-dealkylation sites (N-methyl/N-ethyl adjacent to an activating group) is 1. The van der Waals surface area contributed by atoms with Crippen molar-refractivity contribution in [3.63, 3.8) is 0 Å². The summed E-state index contributed by atoms with van der Waals surface area (Å²) < 4.78 is 23.6. The Bertz CT molecular complexity index is 625. The van der Waals surface area contributed by atoms with Crippen LogP contribution in [-0.2, 0) is 25.8 Å². The molecule has 122 valence electrons. The van der Waals surface area contributed by atoms with Gasteiger partial charge in [-0.2, -0.15) is 0 Å². The molecule has 1 aromatic rings. The second-order valence-electron chi connectivity index (χ2n) is 5.40. The number of hydrogen-bond donors (Lipinski definition) is 1. The molecule has 0 aliphatic carbocycles. The zero-order valence-electron chi connectivity index (χ0n) is 12.9. The smallest absolute Gasteiger partial charge is 0.326 e. The standard InChI is InChI=1S/C15H21NO5S/c1-11(2)22(20,21)10-14(17)16(3)13(15(18)19)9-12-7-5-4-6-8-12/h4-8,11,13H,9-10H2,1-3H3,(H,18,19). The first-order valence-corrected chi connectivity index (χ1v) is 8.60. The van der Waals surface area contributed by atoms with Gasteiger partial charge in [-0.15, -0.1) is 0 Å². The molecule has 1 atom stereocenters. The van der Waals surface area contributed by atoms with E-state index in [0.717, 1.165) is 10.5 Å². The molecule has 0 aliphatic heterocycles. The Morgan fingerprint density at radius 1 is 1.18 bits per heavy atom. The first-order chi connectivity index (χ1) is 10.1. The minimum atomic E-state index is -3.56. The second-order valence-corrected chi connectivity index (χ2v) is 7.96. The van der Waals surface area contributed by atoms with Crippen LogP contribution in [0, 0.1) is 0 Å². The number of amides is 1. The minimum Gasteiger partial charge on any atom is -0.480 e. The summed E-state index contributed by atoms with van der Waals surface area (Å²) in [4.78, 5) is 24.5. The van der Waals surface area contributed by atoms with Crippen LogP contribution in [0.5, 0.6) is 0 Å². The van der Waals surface area contributed by atoms with Crippen LogP contribution in [-0.4, -0.2) is 54.4 Å². The summed E-state index contributed by atoms with van der Waals surface area (Å²) in [5.41, 5.74) is 0.765. The predicted molar refractivity (Wildman–Crippen MR) is 83.3 cm³/mol. The highest BCUT2D eigenvalue weighted by Gasteiger charge is 2.30. The molecule has 22 heavy (non-hydrogen) atoms. The van der Waals surface area contributed by atoms with Crippen molar-refractivity contribution in [1.29, 1.82) is 0 Å². The van der Waals surface area contributed by atoms with Gasteiger partial charge in [0.05, 0.1) is 5.25 Å². The van der Waals surface area contributed by atoms with E-state index < -0.39 is 38.8 Å². The maximum Gasteiger partial charge on any atom is 0.326 e. The van der Waals surface area contributed by atoms with Gasteiger partial charge < -0.3 is 10.0 Å². The van der Waals surface area contributed by atoms with E-state index in [9.17, 15) is 23.1 Å². The van der Waals surface area contributed by atoms with Crippen molar-refractivity contribution >= 4 is 21.7 Å². The van der Waals surface area contributed by atoms with Gasteiger partial charge in [-0.3, -0.25) is 4.79 Å². The average Bonchev–Trinajstić information content (AvgIpc) is 2.44. The summed E-state index contributed by atoms with van der Waals surface area (Å²) in [6.45, 7) is 2.97. The van der Waals surface area contributed by atoms with Crippen LogP contribution in [0.3, 0.4) is 0 Å².